The number of amides is 2. The number of nitrogens with two attached hydrogens (primary N) is 2. The molecule has 2 heterocycles. The van der Waals surface area contributed by atoms with Crippen molar-refractivity contribution in [3.63, 3.8) is 0 Å². The zero-order chi connectivity index (χ0) is 25.4. The zero-order valence-corrected chi connectivity index (χ0v) is 19.2. The van der Waals surface area contributed by atoms with Crippen molar-refractivity contribution >= 4 is 22.7 Å². The third-order valence-electron chi connectivity index (χ3n) is 5.79. The second-order valence-corrected chi connectivity index (χ2v) is 7.96. The van der Waals surface area contributed by atoms with Crippen molar-refractivity contribution in [2.45, 2.75) is 20.4 Å². The number of pyridine rings is 1. The fourth-order valence-electron chi connectivity index (χ4n) is 4.17. The van der Waals surface area contributed by atoms with Gasteiger partial charge in [0.15, 0.2) is 11.6 Å². The molecule has 0 bridgehead atoms. The van der Waals surface area contributed by atoms with Crippen molar-refractivity contribution < 1.29 is 18.7 Å². The highest BCUT2D eigenvalue weighted by atomic mass is 19.1. The van der Waals surface area contributed by atoms with Gasteiger partial charge >= 0.3 is 0 Å². The molecule has 4 rings (SSSR count). The fourth-order valence-corrected chi connectivity index (χ4v) is 4.17. The summed E-state index contributed by atoms with van der Waals surface area (Å²) in [5.74, 6) is -2.57. The molecule has 4 aromatic rings. The van der Waals surface area contributed by atoms with Crippen LogP contribution in [0.4, 0.5) is 4.39 Å². The summed E-state index contributed by atoms with van der Waals surface area (Å²) in [6.45, 7) is 3.88. The van der Waals surface area contributed by atoms with Crippen LogP contribution in [-0.4, -0.2) is 33.7 Å². The lowest BCUT2D eigenvalue weighted by atomic mass is 9.92. The van der Waals surface area contributed by atoms with Crippen LogP contribution in [0.25, 0.3) is 22.0 Å². The number of carbonyl (C=O) groups excluding carboxylic acids is 2. The molecular formula is C25H21FN6O3. The van der Waals surface area contributed by atoms with E-state index in [1.165, 1.54) is 13.2 Å². The Kier molecular flexibility index (Phi) is 5.93. The van der Waals surface area contributed by atoms with Gasteiger partial charge < -0.3 is 16.2 Å². The first-order valence-electron chi connectivity index (χ1n) is 10.5. The van der Waals surface area contributed by atoms with Gasteiger partial charge in [-0.05, 0) is 37.6 Å². The minimum atomic E-state index is -0.903. The van der Waals surface area contributed by atoms with Gasteiger partial charge in [-0.3, -0.25) is 14.3 Å². The second kappa shape index (κ2) is 8.87. The van der Waals surface area contributed by atoms with Crippen LogP contribution in [0.1, 0.15) is 43.4 Å². The van der Waals surface area contributed by atoms with Gasteiger partial charge in [0.25, 0.3) is 5.91 Å². The molecule has 0 fully saturated rings. The first-order chi connectivity index (χ1) is 16.7. The summed E-state index contributed by atoms with van der Waals surface area (Å²) in [5.41, 5.74) is 14.4. The molecule has 0 unspecified atom stereocenters. The van der Waals surface area contributed by atoms with Gasteiger partial charge in [-0.25, -0.2) is 9.37 Å². The molecule has 0 aliphatic carbocycles. The Morgan fingerprint density at radius 1 is 1.11 bits per heavy atom. The lowest BCUT2D eigenvalue weighted by Crippen LogP contribution is -2.21. The number of nitrogens with zero attached hydrogens (tertiary/aromatic N) is 4. The minimum absolute atomic E-state index is 0.0359. The van der Waals surface area contributed by atoms with E-state index >= 15 is 0 Å². The predicted octanol–water partition coefficient (Wildman–Crippen LogP) is 2.98. The molecule has 0 spiro atoms. The van der Waals surface area contributed by atoms with E-state index in [1.807, 2.05) is 12.1 Å². The number of hydrogen-bond donors (Lipinski definition) is 2. The largest absolute Gasteiger partial charge is 0.494 e. The highest BCUT2D eigenvalue weighted by Crippen LogP contribution is 2.37. The van der Waals surface area contributed by atoms with Crippen LogP contribution in [0.3, 0.4) is 0 Å². The van der Waals surface area contributed by atoms with Crippen LogP contribution in [0, 0.1) is 31.0 Å². The number of fused-ring (bicyclic) bond motifs is 1. The van der Waals surface area contributed by atoms with E-state index in [0.717, 1.165) is 11.6 Å². The van der Waals surface area contributed by atoms with Crippen LogP contribution in [0.2, 0.25) is 0 Å². The number of aromatic nitrogens is 3. The molecule has 10 heteroatoms. The van der Waals surface area contributed by atoms with Gasteiger partial charge in [0.1, 0.15) is 5.69 Å². The van der Waals surface area contributed by atoms with Gasteiger partial charge in [0.05, 0.1) is 42.1 Å². The van der Waals surface area contributed by atoms with Crippen molar-refractivity contribution in [3.8, 4) is 22.9 Å². The van der Waals surface area contributed by atoms with Crippen molar-refractivity contribution in [2.75, 3.05) is 7.11 Å². The highest BCUT2D eigenvalue weighted by Gasteiger charge is 2.28. The van der Waals surface area contributed by atoms with Crippen molar-refractivity contribution in [3.05, 3.63) is 76.0 Å². The van der Waals surface area contributed by atoms with Gasteiger partial charge in [0.2, 0.25) is 5.91 Å². The predicted molar refractivity (Wildman–Crippen MR) is 126 cm³/mol. The Labute approximate surface area is 199 Å². The first-order valence-corrected chi connectivity index (χ1v) is 10.5. The summed E-state index contributed by atoms with van der Waals surface area (Å²) in [6.07, 6.45) is 0. The quantitative estimate of drug-likeness (QED) is 0.440. The number of ether oxygens (including phenoxy) is 1. The number of carbonyl (C=O) groups is 2. The van der Waals surface area contributed by atoms with Crippen LogP contribution in [0.15, 0.2) is 36.4 Å². The molecule has 0 saturated carbocycles. The molecule has 0 aliphatic rings. The number of primary amides is 2. The Morgan fingerprint density at radius 2 is 1.80 bits per heavy atom. The first kappa shape index (κ1) is 23.4. The van der Waals surface area contributed by atoms with Crippen molar-refractivity contribution in [1.29, 1.82) is 5.26 Å². The maximum absolute atomic E-state index is 14.4. The lowest BCUT2D eigenvalue weighted by molar-refractivity contribution is 0.0996. The minimum Gasteiger partial charge on any atom is -0.494 e. The van der Waals surface area contributed by atoms with E-state index in [9.17, 15) is 14.0 Å². The molecule has 35 heavy (non-hydrogen) atoms. The van der Waals surface area contributed by atoms with Crippen LogP contribution < -0.4 is 16.2 Å². The molecule has 4 N–H and O–H groups in total. The molecule has 2 aromatic heterocycles. The SMILES string of the molecule is COc1cc2c(C(N)=O)c(-c3c(C)nn(Cc4ccc(C#N)cc4)c3C)c(C(N)=O)nc2cc1F. The van der Waals surface area contributed by atoms with Crippen LogP contribution in [-0.2, 0) is 6.54 Å². The highest BCUT2D eigenvalue weighted by molar-refractivity contribution is 6.16. The Balaban J connectivity index is 2.00. The summed E-state index contributed by atoms with van der Waals surface area (Å²) in [7, 11) is 1.29. The Morgan fingerprint density at radius 3 is 2.37 bits per heavy atom. The van der Waals surface area contributed by atoms with E-state index in [-0.39, 0.29) is 33.5 Å². The topological polar surface area (TPSA) is 150 Å². The van der Waals surface area contributed by atoms with Gasteiger partial charge in [-0.2, -0.15) is 10.4 Å². The summed E-state index contributed by atoms with van der Waals surface area (Å²) in [4.78, 5) is 29.4. The number of benzene rings is 2. The standard InChI is InChI=1S/C25H21FN6O3/c1-12-20(13(2)32(31-12)11-15-6-4-14(10-27)5-7-15)22-21(24(28)33)16-8-19(35-3)17(26)9-18(16)30-23(22)25(29)34/h4-9H,11H2,1-3H3,(H2,28,33)(H2,29,34). The molecule has 0 atom stereocenters. The number of halogens is 1. The van der Waals surface area contributed by atoms with Gasteiger partial charge in [-0.1, -0.05) is 12.1 Å². The maximum atomic E-state index is 14.4. The summed E-state index contributed by atoms with van der Waals surface area (Å²) >= 11 is 0. The number of methoxy groups -OCH3 is 1. The molecular weight excluding hydrogens is 451 g/mol. The number of rotatable bonds is 6. The number of hydrogen-bond acceptors (Lipinski definition) is 6. The molecule has 2 amide bonds. The maximum Gasteiger partial charge on any atom is 0.267 e. The van der Waals surface area contributed by atoms with E-state index in [4.69, 9.17) is 21.5 Å². The zero-order valence-electron chi connectivity index (χ0n) is 19.2. The molecule has 0 aliphatic heterocycles. The van der Waals surface area contributed by atoms with Crippen LogP contribution >= 0.6 is 0 Å². The van der Waals surface area contributed by atoms with Gasteiger partial charge in [0, 0.05) is 28.3 Å². The summed E-state index contributed by atoms with van der Waals surface area (Å²) in [6, 6.07) is 11.5. The monoisotopic (exact) mass is 472 g/mol. The smallest absolute Gasteiger partial charge is 0.267 e. The average Bonchev–Trinajstić information content (AvgIpc) is 3.09. The molecule has 0 saturated heterocycles. The molecule has 0 radical (unpaired) electrons. The lowest BCUT2D eigenvalue weighted by Gasteiger charge is -2.16. The average molecular weight is 472 g/mol. The van der Waals surface area contributed by atoms with E-state index in [2.05, 4.69) is 16.2 Å². The number of nitriles is 1. The normalized spacial score (nSPS) is 10.8. The van der Waals surface area contributed by atoms with Crippen LogP contribution in [0.5, 0.6) is 5.75 Å². The molecule has 9 nitrogen and oxygen atoms in total. The van der Waals surface area contributed by atoms with E-state index < -0.39 is 17.6 Å². The van der Waals surface area contributed by atoms with Crippen molar-refractivity contribution in [2.24, 2.45) is 11.5 Å². The van der Waals surface area contributed by atoms with E-state index in [0.29, 0.717) is 29.1 Å². The van der Waals surface area contributed by atoms with Crippen molar-refractivity contribution in [1.82, 2.24) is 14.8 Å². The Bertz CT molecular complexity index is 1550. The second-order valence-electron chi connectivity index (χ2n) is 7.96. The third-order valence-corrected chi connectivity index (χ3v) is 5.79. The van der Waals surface area contributed by atoms with Gasteiger partial charge in [-0.15, -0.1) is 0 Å². The Hall–Kier alpha value is -4.78. The molecule has 176 valence electrons. The third kappa shape index (κ3) is 4.04. The summed E-state index contributed by atoms with van der Waals surface area (Å²) in [5, 5.41) is 13.8. The summed E-state index contributed by atoms with van der Waals surface area (Å²) < 4.78 is 21.1. The molecule has 2 aromatic carbocycles. The van der Waals surface area contributed by atoms with E-state index in [1.54, 1.807) is 30.7 Å². The number of aryl methyl sites for hydroxylation is 1. The fraction of sp³-hybridized carbons (Fsp3) is 0.160.